The molecule has 20 heavy (non-hydrogen) atoms. The SMILES string of the molecule is CC(C)CNCC(Cc1ccco1)c1ccccc1Br. The van der Waals surface area contributed by atoms with E-state index in [0.717, 1.165) is 25.3 Å². The van der Waals surface area contributed by atoms with Gasteiger partial charge in [-0.25, -0.2) is 0 Å². The van der Waals surface area contributed by atoms with Gasteiger partial charge in [0.15, 0.2) is 0 Å². The van der Waals surface area contributed by atoms with Crippen LogP contribution in [0.25, 0.3) is 0 Å². The lowest BCUT2D eigenvalue weighted by atomic mass is 9.94. The molecule has 0 aliphatic rings. The van der Waals surface area contributed by atoms with E-state index in [4.69, 9.17) is 4.42 Å². The number of benzene rings is 1. The maximum absolute atomic E-state index is 5.51. The summed E-state index contributed by atoms with van der Waals surface area (Å²) in [4.78, 5) is 0. The van der Waals surface area contributed by atoms with Gasteiger partial charge >= 0.3 is 0 Å². The van der Waals surface area contributed by atoms with Crippen LogP contribution in [0.2, 0.25) is 0 Å². The van der Waals surface area contributed by atoms with E-state index < -0.39 is 0 Å². The zero-order valence-electron chi connectivity index (χ0n) is 12.1. The van der Waals surface area contributed by atoms with Crippen LogP contribution in [0.3, 0.4) is 0 Å². The monoisotopic (exact) mass is 335 g/mol. The number of nitrogens with one attached hydrogen (secondary N) is 1. The molecule has 0 amide bonds. The van der Waals surface area contributed by atoms with Gasteiger partial charge < -0.3 is 9.73 Å². The van der Waals surface area contributed by atoms with Crippen molar-refractivity contribution in [1.29, 1.82) is 0 Å². The van der Waals surface area contributed by atoms with Crippen LogP contribution in [0.5, 0.6) is 0 Å². The van der Waals surface area contributed by atoms with E-state index in [2.05, 4.69) is 59.4 Å². The van der Waals surface area contributed by atoms with Crippen molar-refractivity contribution in [2.75, 3.05) is 13.1 Å². The fourth-order valence-corrected chi connectivity index (χ4v) is 2.92. The molecule has 108 valence electrons. The topological polar surface area (TPSA) is 25.2 Å². The normalized spacial score (nSPS) is 12.8. The second-order valence-electron chi connectivity index (χ2n) is 5.55. The molecule has 1 N–H and O–H groups in total. The molecule has 1 unspecified atom stereocenters. The first kappa shape index (κ1) is 15.3. The highest BCUT2D eigenvalue weighted by molar-refractivity contribution is 9.10. The molecule has 2 nitrogen and oxygen atoms in total. The number of halogens is 1. The van der Waals surface area contributed by atoms with Crippen molar-refractivity contribution in [3.8, 4) is 0 Å². The molecular weight excluding hydrogens is 314 g/mol. The molecule has 0 saturated heterocycles. The first-order valence-electron chi connectivity index (χ1n) is 7.14. The molecule has 0 radical (unpaired) electrons. The van der Waals surface area contributed by atoms with Gasteiger partial charge in [-0.1, -0.05) is 48.0 Å². The van der Waals surface area contributed by atoms with Gasteiger partial charge in [-0.05, 0) is 36.2 Å². The Hall–Kier alpha value is -1.06. The summed E-state index contributed by atoms with van der Waals surface area (Å²) in [6.45, 7) is 6.46. The first-order chi connectivity index (χ1) is 9.66. The Morgan fingerprint density at radius 1 is 1.10 bits per heavy atom. The summed E-state index contributed by atoms with van der Waals surface area (Å²) in [5.41, 5.74) is 1.33. The Bertz CT molecular complexity index is 507. The Morgan fingerprint density at radius 3 is 2.55 bits per heavy atom. The highest BCUT2D eigenvalue weighted by atomic mass is 79.9. The van der Waals surface area contributed by atoms with Crippen LogP contribution in [0, 0.1) is 5.92 Å². The third-order valence-corrected chi connectivity index (χ3v) is 4.04. The fourth-order valence-electron chi connectivity index (χ4n) is 2.32. The summed E-state index contributed by atoms with van der Waals surface area (Å²) < 4.78 is 6.68. The lowest BCUT2D eigenvalue weighted by Gasteiger charge is -2.19. The standard InChI is InChI=1S/C17H22BrNO/c1-13(2)11-19-12-14(10-15-6-5-9-20-15)16-7-3-4-8-17(16)18/h3-9,13-14,19H,10-12H2,1-2H3. The molecule has 0 saturated carbocycles. The van der Waals surface area contributed by atoms with E-state index in [1.165, 1.54) is 10.0 Å². The van der Waals surface area contributed by atoms with Gasteiger partial charge in [-0.15, -0.1) is 0 Å². The maximum atomic E-state index is 5.51. The Labute approximate surface area is 129 Å². The number of hydrogen-bond acceptors (Lipinski definition) is 2. The van der Waals surface area contributed by atoms with E-state index in [1.54, 1.807) is 6.26 Å². The lowest BCUT2D eigenvalue weighted by molar-refractivity contribution is 0.461. The van der Waals surface area contributed by atoms with Gasteiger partial charge in [0.05, 0.1) is 6.26 Å². The van der Waals surface area contributed by atoms with Gasteiger partial charge in [0, 0.05) is 23.4 Å². The van der Waals surface area contributed by atoms with Crippen LogP contribution in [0.1, 0.15) is 31.1 Å². The average Bonchev–Trinajstić information content (AvgIpc) is 2.91. The van der Waals surface area contributed by atoms with E-state index in [-0.39, 0.29) is 0 Å². The van der Waals surface area contributed by atoms with E-state index >= 15 is 0 Å². The third kappa shape index (κ3) is 4.50. The van der Waals surface area contributed by atoms with Gasteiger partial charge in [0.25, 0.3) is 0 Å². The summed E-state index contributed by atoms with van der Waals surface area (Å²) in [7, 11) is 0. The smallest absolute Gasteiger partial charge is 0.104 e. The minimum atomic E-state index is 0.412. The van der Waals surface area contributed by atoms with Crippen LogP contribution in [0.4, 0.5) is 0 Å². The summed E-state index contributed by atoms with van der Waals surface area (Å²) in [5.74, 6) is 2.12. The molecule has 1 aromatic heterocycles. The Kier molecular flexibility index (Phi) is 5.86. The Morgan fingerprint density at radius 2 is 1.90 bits per heavy atom. The van der Waals surface area contributed by atoms with Crippen molar-refractivity contribution in [2.24, 2.45) is 5.92 Å². The molecule has 0 bridgehead atoms. The van der Waals surface area contributed by atoms with Crippen LogP contribution < -0.4 is 5.32 Å². The molecule has 1 heterocycles. The number of rotatable bonds is 7. The predicted octanol–water partition coefficient (Wildman–Crippen LogP) is 4.61. The molecule has 0 aliphatic heterocycles. The van der Waals surface area contributed by atoms with E-state index in [1.807, 2.05) is 12.1 Å². The second-order valence-corrected chi connectivity index (χ2v) is 6.41. The molecular formula is C17H22BrNO. The molecule has 2 rings (SSSR count). The quantitative estimate of drug-likeness (QED) is 0.798. The molecule has 0 aliphatic carbocycles. The van der Waals surface area contributed by atoms with Gasteiger partial charge in [-0.2, -0.15) is 0 Å². The van der Waals surface area contributed by atoms with Gasteiger partial charge in [0.1, 0.15) is 5.76 Å². The van der Waals surface area contributed by atoms with Crippen molar-refractivity contribution >= 4 is 15.9 Å². The largest absolute Gasteiger partial charge is 0.469 e. The highest BCUT2D eigenvalue weighted by Gasteiger charge is 2.16. The van der Waals surface area contributed by atoms with Crippen LogP contribution >= 0.6 is 15.9 Å². The molecule has 0 fully saturated rings. The van der Waals surface area contributed by atoms with Crippen LogP contribution in [-0.4, -0.2) is 13.1 Å². The molecule has 1 atom stereocenters. The number of hydrogen-bond donors (Lipinski definition) is 1. The van der Waals surface area contributed by atoms with E-state index in [0.29, 0.717) is 11.8 Å². The minimum Gasteiger partial charge on any atom is -0.469 e. The summed E-state index contributed by atoms with van der Waals surface area (Å²) in [6, 6.07) is 12.4. The minimum absolute atomic E-state index is 0.412. The predicted molar refractivity (Wildman–Crippen MR) is 87.0 cm³/mol. The van der Waals surface area contributed by atoms with Crippen molar-refractivity contribution < 1.29 is 4.42 Å². The molecule has 3 heteroatoms. The van der Waals surface area contributed by atoms with Crippen molar-refractivity contribution in [3.05, 3.63) is 58.5 Å². The van der Waals surface area contributed by atoms with Gasteiger partial charge in [-0.3, -0.25) is 0 Å². The third-order valence-electron chi connectivity index (χ3n) is 3.32. The average molecular weight is 336 g/mol. The summed E-state index contributed by atoms with van der Waals surface area (Å²) >= 11 is 3.66. The van der Waals surface area contributed by atoms with Crippen LogP contribution in [0.15, 0.2) is 51.6 Å². The first-order valence-corrected chi connectivity index (χ1v) is 7.93. The molecule has 0 spiro atoms. The molecule has 1 aromatic carbocycles. The van der Waals surface area contributed by atoms with Crippen molar-refractivity contribution in [1.82, 2.24) is 5.32 Å². The summed E-state index contributed by atoms with van der Waals surface area (Å²) in [5, 5.41) is 3.56. The fraction of sp³-hybridized carbons (Fsp3) is 0.412. The van der Waals surface area contributed by atoms with Gasteiger partial charge in [0.2, 0.25) is 0 Å². The highest BCUT2D eigenvalue weighted by Crippen LogP contribution is 2.27. The molecule has 2 aromatic rings. The second kappa shape index (κ2) is 7.65. The zero-order chi connectivity index (χ0) is 14.4. The van der Waals surface area contributed by atoms with Crippen molar-refractivity contribution in [2.45, 2.75) is 26.2 Å². The Balaban J connectivity index is 2.09. The number of furan rings is 1. The summed E-state index contributed by atoms with van der Waals surface area (Å²) in [6.07, 6.45) is 2.66. The zero-order valence-corrected chi connectivity index (χ0v) is 13.7. The van der Waals surface area contributed by atoms with Crippen LogP contribution in [-0.2, 0) is 6.42 Å². The maximum Gasteiger partial charge on any atom is 0.104 e. The lowest BCUT2D eigenvalue weighted by Crippen LogP contribution is -2.26. The van der Waals surface area contributed by atoms with E-state index in [9.17, 15) is 0 Å². The van der Waals surface area contributed by atoms with Crippen molar-refractivity contribution in [3.63, 3.8) is 0 Å².